The van der Waals surface area contributed by atoms with Gasteiger partial charge in [0, 0.05) is 11.4 Å². The number of para-hydroxylation sites is 1. The van der Waals surface area contributed by atoms with Crippen LogP contribution in [0.5, 0.6) is 5.75 Å². The molecule has 0 bridgehead atoms. The van der Waals surface area contributed by atoms with Gasteiger partial charge in [-0.15, -0.1) is 11.3 Å². The predicted molar refractivity (Wildman–Crippen MR) is 91.6 cm³/mol. The van der Waals surface area contributed by atoms with Crippen LogP contribution in [0.15, 0.2) is 35.7 Å². The van der Waals surface area contributed by atoms with Gasteiger partial charge in [0.2, 0.25) is 5.91 Å². The van der Waals surface area contributed by atoms with E-state index in [9.17, 15) is 4.79 Å². The molecule has 1 fully saturated rings. The van der Waals surface area contributed by atoms with Crippen molar-refractivity contribution >= 4 is 17.2 Å². The highest BCUT2D eigenvalue weighted by atomic mass is 32.1. The first-order valence-corrected chi connectivity index (χ1v) is 9.08. The van der Waals surface area contributed by atoms with Gasteiger partial charge in [0.05, 0.1) is 12.1 Å². The molecule has 5 heteroatoms. The highest BCUT2D eigenvalue weighted by Crippen LogP contribution is 2.18. The molecular formula is C18H22N2O2S. The van der Waals surface area contributed by atoms with E-state index in [0.29, 0.717) is 19.1 Å². The van der Waals surface area contributed by atoms with E-state index in [1.165, 1.54) is 19.3 Å². The zero-order chi connectivity index (χ0) is 15.9. The van der Waals surface area contributed by atoms with Gasteiger partial charge in [0.25, 0.3) is 0 Å². The molecule has 1 aromatic heterocycles. The lowest BCUT2D eigenvalue weighted by Gasteiger charge is -2.22. The van der Waals surface area contributed by atoms with Crippen molar-refractivity contribution in [3.8, 4) is 5.75 Å². The van der Waals surface area contributed by atoms with Gasteiger partial charge in [-0.3, -0.25) is 4.79 Å². The van der Waals surface area contributed by atoms with Gasteiger partial charge < -0.3 is 10.1 Å². The third kappa shape index (κ3) is 5.06. The number of hydrogen-bond acceptors (Lipinski definition) is 4. The van der Waals surface area contributed by atoms with E-state index in [2.05, 4.69) is 10.3 Å². The lowest BCUT2D eigenvalue weighted by atomic mass is 9.95. The zero-order valence-corrected chi connectivity index (χ0v) is 14.0. The molecule has 1 saturated carbocycles. The van der Waals surface area contributed by atoms with E-state index in [1.807, 2.05) is 35.7 Å². The smallest absolute Gasteiger partial charge is 0.226 e. The lowest BCUT2D eigenvalue weighted by molar-refractivity contribution is -0.121. The number of carbonyl (C=O) groups is 1. The number of aromatic nitrogens is 1. The Bertz CT molecular complexity index is 621. The highest BCUT2D eigenvalue weighted by molar-refractivity contribution is 7.09. The van der Waals surface area contributed by atoms with Gasteiger partial charge in [-0.25, -0.2) is 4.98 Å². The van der Waals surface area contributed by atoms with Crippen LogP contribution >= 0.6 is 11.3 Å². The third-order valence-corrected chi connectivity index (χ3v) is 4.89. The molecule has 0 spiro atoms. The standard InChI is InChI=1S/C18H22N2O2S/c21-17(19-14-7-3-1-4-8-14)11-15-13-23-18(20-15)12-22-16-9-5-2-6-10-16/h2,5-6,9-10,13-14H,1,3-4,7-8,11-12H2,(H,19,21). The first kappa shape index (κ1) is 16.0. The number of ether oxygens (including phenoxy) is 1. The number of hydrogen-bond donors (Lipinski definition) is 1. The van der Waals surface area contributed by atoms with Crippen LogP contribution in [0, 0.1) is 0 Å². The predicted octanol–water partition coefficient (Wildman–Crippen LogP) is 3.71. The van der Waals surface area contributed by atoms with Crippen LogP contribution in [-0.2, 0) is 17.8 Å². The van der Waals surface area contributed by atoms with E-state index in [0.717, 1.165) is 29.3 Å². The number of benzene rings is 1. The monoisotopic (exact) mass is 330 g/mol. The number of carbonyl (C=O) groups excluding carboxylic acids is 1. The minimum Gasteiger partial charge on any atom is -0.486 e. The second-order valence-corrected chi connectivity index (χ2v) is 6.86. The van der Waals surface area contributed by atoms with Crippen molar-refractivity contribution in [2.45, 2.75) is 51.2 Å². The Morgan fingerprint density at radius 1 is 1.22 bits per heavy atom. The Morgan fingerprint density at radius 2 is 2.00 bits per heavy atom. The Balaban J connectivity index is 1.45. The molecule has 1 aliphatic carbocycles. The number of amides is 1. The maximum atomic E-state index is 12.1. The van der Waals surface area contributed by atoms with Crippen molar-refractivity contribution < 1.29 is 9.53 Å². The molecule has 1 N–H and O–H groups in total. The molecule has 1 heterocycles. The Labute approximate surface area is 140 Å². The maximum absolute atomic E-state index is 12.1. The number of rotatable bonds is 6. The van der Waals surface area contributed by atoms with Crippen LogP contribution in [0.25, 0.3) is 0 Å². The quantitative estimate of drug-likeness (QED) is 0.878. The van der Waals surface area contributed by atoms with Crippen molar-refractivity contribution in [3.63, 3.8) is 0 Å². The second kappa shape index (κ2) is 8.11. The molecule has 0 atom stereocenters. The lowest BCUT2D eigenvalue weighted by Crippen LogP contribution is -2.37. The highest BCUT2D eigenvalue weighted by Gasteiger charge is 2.16. The SMILES string of the molecule is O=C(Cc1csc(COc2ccccc2)n1)NC1CCCCC1. The molecule has 4 nitrogen and oxygen atoms in total. The van der Waals surface area contributed by atoms with Gasteiger partial charge in [0.1, 0.15) is 17.4 Å². The second-order valence-electron chi connectivity index (χ2n) is 5.91. The van der Waals surface area contributed by atoms with E-state index in [1.54, 1.807) is 11.3 Å². The summed E-state index contributed by atoms with van der Waals surface area (Å²) in [6.07, 6.45) is 6.32. The van der Waals surface area contributed by atoms with E-state index < -0.39 is 0 Å². The van der Waals surface area contributed by atoms with Gasteiger partial charge in [-0.2, -0.15) is 0 Å². The molecule has 3 rings (SSSR count). The fraction of sp³-hybridized carbons (Fsp3) is 0.444. The molecule has 1 aliphatic rings. The minimum absolute atomic E-state index is 0.0812. The number of nitrogens with zero attached hydrogens (tertiary/aromatic N) is 1. The summed E-state index contributed by atoms with van der Waals surface area (Å²) in [4.78, 5) is 16.6. The van der Waals surface area contributed by atoms with E-state index in [4.69, 9.17) is 4.74 Å². The Kier molecular flexibility index (Phi) is 5.64. The summed E-state index contributed by atoms with van der Waals surface area (Å²) < 4.78 is 5.68. The molecule has 0 radical (unpaired) electrons. The topological polar surface area (TPSA) is 51.2 Å². The van der Waals surface area contributed by atoms with Crippen molar-refractivity contribution in [2.24, 2.45) is 0 Å². The normalized spacial score (nSPS) is 15.3. The Morgan fingerprint density at radius 3 is 2.78 bits per heavy atom. The van der Waals surface area contributed by atoms with Crippen molar-refractivity contribution in [3.05, 3.63) is 46.4 Å². The van der Waals surface area contributed by atoms with E-state index >= 15 is 0 Å². The van der Waals surface area contributed by atoms with E-state index in [-0.39, 0.29) is 5.91 Å². The summed E-state index contributed by atoms with van der Waals surface area (Å²) >= 11 is 1.54. The number of thiazole rings is 1. The summed E-state index contributed by atoms with van der Waals surface area (Å²) in [5, 5.41) is 5.97. The average Bonchev–Trinajstić information content (AvgIpc) is 3.02. The first-order chi connectivity index (χ1) is 11.3. The van der Waals surface area contributed by atoms with Crippen molar-refractivity contribution in [1.82, 2.24) is 10.3 Å². The summed E-state index contributed by atoms with van der Waals surface area (Å²) in [5.41, 5.74) is 0.829. The molecular weight excluding hydrogens is 308 g/mol. The van der Waals surface area contributed by atoms with Crippen LogP contribution < -0.4 is 10.1 Å². The number of nitrogens with one attached hydrogen (secondary N) is 1. The van der Waals surface area contributed by atoms with Crippen LogP contribution in [0.4, 0.5) is 0 Å². The molecule has 122 valence electrons. The summed E-state index contributed by atoms with van der Waals surface area (Å²) in [6.45, 7) is 0.443. The molecule has 0 saturated heterocycles. The van der Waals surface area contributed by atoms with Crippen molar-refractivity contribution in [1.29, 1.82) is 0 Å². The third-order valence-electron chi connectivity index (χ3n) is 4.02. The summed E-state index contributed by atoms with van der Waals surface area (Å²) in [6, 6.07) is 10.0. The zero-order valence-electron chi connectivity index (χ0n) is 13.2. The molecule has 1 amide bonds. The van der Waals surface area contributed by atoms with Gasteiger partial charge >= 0.3 is 0 Å². The molecule has 0 unspecified atom stereocenters. The maximum Gasteiger partial charge on any atom is 0.226 e. The van der Waals surface area contributed by atoms with Gasteiger partial charge in [-0.1, -0.05) is 37.5 Å². The minimum atomic E-state index is 0.0812. The summed E-state index contributed by atoms with van der Waals surface area (Å²) in [5.74, 6) is 0.914. The van der Waals surface area contributed by atoms with Crippen LogP contribution in [0.1, 0.15) is 42.8 Å². The molecule has 23 heavy (non-hydrogen) atoms. The van der Waals surface area contributed by atoms with Crippen LogP contribution in [0.2, 0.25) is 0 Å². The fourth-order valence-corrected chi connectivity index (χ4v) is 3.55. The molecule has 2 aromatic rings. The van der Waals surface area contributed by atoms with Crippen LogP contribution in [0.3, 0.4) is 0 Å². The first-order valence-electron chi connectivity index (χ1n) is 8.20. The average molecular weight is 330 g/mol. The Hall–Kier alpha value is -1.88. The molecule has 0 aliphatic heterocycles. The molecule has 1 aromatic carbocycles. The summed E-state index contributed by atoms with van der Waals surface area (Å²) in [7, 11) is 0. The van der Waals surface area contributed by atoms with Gasteiger partial charge in [-0.05, 0) is 25.0 Å². The fourth-order valence-electron chi connectivity index (χ4n) is 2.85. The largest absolute Gasteiger partial charge is 0.486 e. The van der Waals surface area contributed by atoms with Crippen molar-refractivity contribution in [2.75, 3.05) is 0 Å². The van der Waals surface area contributed by atoms with Gasteiger partial charge in [0.15, 0.2) is 0 Å². The van der Waals surface area contributed by atoms with Crippen LogP contribution in [-0.4, -0.2) is 16.9 Å².